The lowest BCUT2D eigenvalue weighted by molar-refractivity contribution is -0.384. The molecule has 1 aromatic heterocycles. The fraction of sp³-hybridized carbons (Fsp3) is 0.250. The van der Waals surface area contributed by atoms with Gasteiger partial charge in [0.15, 0.2) is 5.78 Å². The molecule has 5 rings (SSSR count). The van der Waals surface area contributed by atoms with Crippen molar-refractivity contribution < 1.29 is 14.8 Å². The Hall–Kier alpha value is -4.14. The van der Waals surface area contributed by atoms with E-state index in [9.17, 15) is 24.8 Å². The molecule has 1 aliphatic heterocycles. The van der Waals surface area contributed by atoms with Gasteiger partial charge in [0.2, 0.25) is 0 Å². The molecule has 1 atom stereocenters. The highest BCUT2D eigenvalue weighted by Crippen LogP contribution is 2.49. The van der Waals surface area contributed by atoms with E-state index in [2.05, 4.69) is 10.4 Å². The zero-order valence-corrected chi connectivity index (χ0v) is 18.1. The van der Waals surface area contributed by atoms with Crippen LogP contribution in [0.1, 0.15) is 43.7 Å². The lowest BCUT2D eigenvalue weighted by Crippen LogP contribution is -2.35. The molecule has 2 heterocycles. The average molecular weight is 446 g/mol. The van der Waals surface area contributed by atoms with Crippen LogP contribution in [0.2, 0.25) is 0 Å². The number of non-ortho nitro benzene ring substituents is 1. The lowest BCUT2D eigenvalue weighted by Gasteiger charge is -2.37. The molecule has 0 unspecified atom stereocenters. The number of hydrogen-bond acceptors (Lipinski definition) is 6. The van der Waals surface area contributed by atoms with Gasteiger partial charge in [0.05, 0.1) is 22.1 Å². The highest BCUT2D eigenvalue weighted by atomic mass is 16.6. The molecular formula is C24H22N4O5. The maximum atomic E-state index is 13.6. The van der Waals surface area contributed by atoms with Gasteiger partial charge in [-0.25, -0.2) is 4.68 Å². The van der Waals surface area contributed by atoms with Crippen molar-refractivity contribution in [3.63, 3.8) is 0 Å². The van der Waals surface area contributed by atoms with Crippen molar-refractivity contribution in [2.45, 2.75) is 32.6 Å². The zero-order chi connectivity index (χ0) is 23.5. The largest absolute Gasteiger partial charge is 0.508 e. The Bertz CT molecular complexity index is 1400. The molecule has 0 saturated heterocycles. The summed E-state index contributed by atoms with van der Waals surface area (Å²) >= 11 is 0. The van der Waals surface area contributed by atoms with Crippen LogP contribution >= 0.6 is 0 Å². The predicted octanol–water partition coefficient (Wildman–Crippen LogP) is 3.98. The van der Waals surface area contributed by atoms with Crippen LogP contribution in [0.25, 0.3) is 5.69 Å². The molecule has 0 radical (unpaired) electrons. The van der Waals surface area contributed by atoms with E-state index in [-0.39, 0.29) is 40.2 Å². The first-order valence-electron chi connectivity index (χ1n) is 10.6. The van der Waals surface area contributed by atoms with Crippen molar-refractivity contribution in [3.8, 4) is 11.4 Å². The third-order valence-corrected chi connectivity index (χ3v) is 6.25. The third-order valence-electron chi connectivity index (χ3n) is 6.25. The molecule has 0 spiro atoms. The van der Waals surface area contributed by atoms with Gasteiger partial charge in [0.1, 0.15) is 11.6 Å². The number of rotatable bonds is 3. The summed E-state index contributed by atoms with van der Waals surface area (Å²) in [6.07, 6.45) is 0.824. The highest BCUT2D eigenvalue weighted by Gasteiger charge is 2.44. The van der Waals surface area contributed by atoms with E-state index < -0.39 is 16.4 Å². The molecule has 9 nitrogen and oxygen atoms in total. The number of anilines is 1. The van der Waals surface area contributed by atoms with Crippen molar-refractivity contribution in [3.05, 3.63) is 91.4 Å². The normalized spacial score (nSPS) is 19.0. The summed E-state index contributed by atoms with van der Waals surface area (Å²) in [5, 5.41) is 28.5. The number of nitrogens with one attached hydrogen (secondary N) is 2. The van der Waals surface area contributed by atoms with Crippen LogP contribution in [0.15, 0.2) is 64.6 Å². The third kappa shape index (κ3) is 3.32. The number of phenolic OH excluding ortho intramolecular Hbond substituents is 1. The number of fused-ring (bicyclic) bond motifs is 1. The monoisotopic (exact) mass is 446 g/mol. The van der Waals surface area contributed by atoms with Gasteiger partial charge in [0.25, 0.3) is 11.2 Å². The molecule has 2 aliphatic rings. The Morgan fingerprint density at radius 1 is 1.12 bits per heavy atom. The van der Waals surface area contributed by atoms with Crippen LogP contribution in [-0.2, 0) is 4.79 Å². The van der Waals surface area contributed by atoms with Crippen LogP contribution in [0, 0.1) is 15.5 Å². The fourth-order valence-electron chi connectivity index (χ4n) is 4.85. The quantitative estimate of drug-likeness (QED) is 0.412. The SMILES string of the molecule is CC1(C)CC(=O)C2=C(C1)Nc1[nH]n(-c3ccccc3)c(=O)c1[C@@H]2c1cc([N+](=O)[O-])ccc1O. The molecule has 33 heavy (non-hydrogen) atoms. The maximum Gasteiger partial charge on any atom is 0.277 e. The van der Waals surface area contributed by atoms with Crippen molar-refractivity contribution in [1.82, 2.24) is 9.78 Å². The van der Waals surface area contributed by atoms with Gasteiger partial charge >= 0.3 is 0 Å². The van der Waals surface area contributed by atoms with Crippen molar-refractivity contribution in [1.29, 1.82) is 0 Å². The molecule has 168 valence electrons. The fourth-order valence-corrected chi connectivity index (χ4v) is 4.85. The van der Waals surface area contributed by atoms with E-state index in [1.807, 2.05) is 19.9 Å². The lowest BCUT2D eigenvalue weighted by atomic mass is 9.69. The first kappa shape index (κ1) is 20.7. The average Bonchev–Trinajstić information content (AvgIpc) is 3.08. The Morgan fingerprint density at radius 2 is 1.85 bits per heavy atom. The number of benzene rings is 2. The van der Waals surface area contributed by atoms with Gasteiger partial charge < -0.3 is 10.4 Å². The second-order valence-electron chi connectivity index (χ2n) is 9.27. The Kier molecular flexibility index (Phi) is 4.52. The molecule has 3 aromatic rings. The Balaban J connectivity index is 1.79. The summed E-state index contributed by atoms with van der Waals surface area (Å²) in [6.45, 7) is 3.98. The number of aromatic nitrogens is 2. The Morgan fingerprint density at radius 3 is 2.55 bits per heavy atom. The summed E-state index contributed by atoms with van der Waals surface area (Å²) in [5.41, 5.74) is 1.10. The van der Waals surface area contributed by atoms with Crippen LogP contribution in [0.4, 0.5) is 11.5 Å². The summed E-state index contributed by atoms with van der Waals surface area (Å²) in [7, 11) is 0. The zero-order valence-electron chi connectivity index (χ0n) is 18.1. The van der Waals surface area contributed by atoms with E-state index in [0.29, 0.717) is 29.2 Å². The summed E-state index contributed by atoms with van der Waals surface area (Å²) in [5.74, 6) is -0.894. The van der Waals surface area contributed by atoms with Crippen molar-refractivity contribution in [2.75, 3.05) is 5.32 Å². The number of nitrogens with zero attached hydrogens (tertiary/aromatic N) is 2. The molecule has 0 fully saturated rings. The number of H-pyrrole nitrogens is 1. The van der Waals surface area contributed by atoms with E-state index in [1.54, 1.807) is 24.3 Å². The summed E-state index contributed by atoms with van der Waals surface area (Å²) < 4.78 is 1.37. The standard InChI is InChI=1S/C24H22N4O5/c1-24(2)11-16-20(18(30)12-24)19(15-10-14(28(32)33)8-9-17(15)29)21-22(25-16)26-27(23(21)31)13-6-4-3-5-7-13/h3-10,19,25-26,29H,11-12H2,1-2H3/t19-/m1/s1. The first-order valence-corrected chi connectivity index (χ1v) is 10.6. The van der Waals surface area contributed by atoms with Gasteiger partial charge in [-0.05, 0) is 30.0 Å². The molecule has 2 aromatic carbocycles. The second kappa shape index (κ2) is 7.19. The molecule has 0 amide bonds. The van der Waals surface area contributed by atoms with Gasteiger partial charge in [0, 0.05) is 35.4 Å². The summed E-state index contributed by atoms with van der Waals surface area (Å²) in [4.78, 5) is 37.8. The molecule has 9 heteroatoms. The molecular weight excluding hydrogens is 424 g/mol. The number of phenols is 1. The number of carbonyl (C=O) groups is 1. The van der Waals surface area contributed by atoms with Crippen molar-refractivity contribution in [2.24, 2.45) is 5.41 Å². The number of allylic oxidation sites excluding steroid dienone is 2. The summed E-state index contributed by atoms with van der Waals surface area (Å²) in [6, 6.07) is 12.6. The number of Topliss-reactive ketones (excluding diaryl/α,β-unsaturated/α-hetero) is 1. The number of ketones is 1. The number of hydrogen-bond donors (Lipinski definition) is 3. The maximum absolute atomic E-state index is 13.6. The molecule has 1 aliphatic carbocycles. The molecule has 0 bridgehead atoms. The van der Waals surface area contributed by atoms with E-state index in [4.69, 9.17) is 0 Å². The van der Waals surface area contributed by atoms with Gasteiger partial charge in [-0.2, -0.15) is 0 Å². The molecule has 0 saturated carbocycles. The highest BCUT2D eigenvalue weighted by molar-refractivity contribution is 6.01. The van der Waals surface area contributed by atoms with Crippen LogP contribution in [0.3, 0.4) is 0 Å². The minimum atomic E-state index is -0.937. The van der Waals surface area contributed by atoms with Crippen LogP contribution in [0.5, 0.6) is 5.75 Å². The van der Waals surface area contributed by atoms with E-state index in [1.165, 1.54) is 22.9 Å². The van der Waals surface area contributed by atoms with Gasteiger partial charge in [-0.3, -0.25) is 24.8 Å². The van der Waals surface area contributed by atoms with Gasteiger partial charge in [-0.15, -0.1) is 0 Å². The second-order valence-corrected chi connectivity index (χ2v) is 9.27. The van der Waals surface area contributed by atoms with Gasteiger partial charge in [-0.1, -0.05) is 32.0 Å². The van der Waals surface area contributed by atoms with Crippen LogP contribution < -0.4 is 10.9 Å². The number of nitro benzene ring substituents is 1. The minimum Gasteiger partial charge on any atom is -0.508 e. The van der Waals surface area contributed by atoms with E-state index in [0.717, 1.165) is 0 Å². The topological polar surface area (TPSA) is 130 Å². The predicted molar refractivity (Wildman–Crippen MR) is 122 cm³/mol. The first-order chi connectivity index (χ1) is 15.7. The Labute approximate surface area is 188 Å². The van der Waals surface area contributed by atoms with Crippen molar-refractivity contribution >= 4 is 17.3 Å². The number of aromatic hydroxyl groups is 1. The molecule has 3 N–H and O–H groups in total. The number of carbonyl (C=O) groups excluding carboxylic acids is 1. The number of nitro groups is 1. The number of aromatic amines is 1. The minimum absolute atomic E-state index is 0.151. The van der Waals surface area contributed by atoms with E-state index >= 15 is 0 Å². The smallest absolute Gasteiger partial charge is 0.277 e. The number of para-hydroxylation sites is 1. The van der Waals surface area contributed by atoms with Crippen LogP contribution in [-0.4, -0.2) is 25.6 Å².